The predicted octanol–water partition coefficient (Wildman–Crippen LogP) is 7.49. The first-order chi connectivity index (χ1) is 17.0. The standard InChI is InChI=1S/C31H45ClFNO2/c1-6-23(2)21-36-29(20-25-7-13-28(33)14-8-25)19-24(3)15-17-34-18-16-31(35,30(4,5)22-34)26-9-11-27(32)12-10-26/h7-14,23-24,29,35H,6,15-22H2,1-5H3. The third-order valence-electron chi connectivity index (χ3n) is 8.14. The molecule has 4 unspecified atom stereocenters. The molecule has 1 aliphatic rings. The van der Waals surface area contributed by atoms with Crippen LogP contribution in [-0.2, 0) is 16.8 Å². The molecule has 3 nitrogen and oxygen atoms in total. The van der Waals surface area contributed by atoms with Crippen LogP contribution >= 0.6 is 11.6 Å². The topological polar surface area (TPSA) is 32.7 Å². The Bertz CT molecular complexity index is 933. The zero-order valence-corrected chi connectivity index (χ0v) is 23.5. The van der Waals surface area contributed by atoms with Crippen molar-refractivity contribution in [2.45, 2.75) is 78.4 Å². The van der Waals surface area contributed by atoms with Gasteiger partial charge in [-0.15, -0.1) is 0 Å². The monoisotopic (exact) mass is 517 g/mol. The molecule has 0 saturated carbocycles. The van der Waals surface area contributed by atoms with Crippen molar-refractivity contribution in [1.29, 1.82) is 0 Å². The van der Waals surface area contributed by atoms with Crippen LogP contribution in [0.15, 0.2) is 48.5 Å². The van der Waals surface area contributed by atoms with E-state index in [0.29, 0.717) is 23.3 Å². The minimum Gasteiger partial charge on any atom is -0.385 e. The van der Waals surface area contributed by atoms with Crippen LogP contribution in [0.1, 0.15) is 71.4 Å². The van der Waals surface area contributed by atoms with Crippen LogP contribution in [0.3, 0.4) is 0 Å². The lowest BCUT2D eigenvalue weighted by atomic mass is 9.66. The summed E-state index contributed by atoms with van der Waals surface area (Å²) in [5.41, 5.74) is 0.945. The van der Waals surface area contributed by atoms with Gasteiger partial charge in [-0.3, -0.25) is 0 Å². The van der Waals surface area contributed by atoms with Crippen LogP contribution in [0.2, 0.25) is 5.02 Å². The van der Waals surface area contributed by atoms with Crippen LogP contribution in [0, 0.1) is 23.1 Å². The van der Waals surface area contributed by atoms with Gasteiger partial charge in [0, 0.05) is 30.1 Å². The number of hydrogen-bond donors (Lipinski definition) is 1. The van der Waals surface area contributed by atoms with E-state index >= 15 is 0 Å². The number of aliphatic hydroxyl groups is 1. The van der Waals surface area contributed by atoms with Crippen molar-refractivity contribution < 1.29 is 14.2 Å². The Morgan fingerprint density at radius 3 is 2.33 bits per heavy atom. The molecule has 0 aliphatic carbocycles. The molecule has 200 valence electrons. The normalized spacial score (nSPS) is 22.8. The molecular weight excluding hydrogens is 473 g/mol. The van der Waals surface area contributed by atoms with Crippen LogP contribution in [0.4, 0.5) is 4.39 Å². The van der Waals surface area contributed by atoms with E-state index < -0.39 is 5.60 Å². The van der Waals surface area contributed by atoms with E-state index in [1.54, 1.807) is 0 Å². The highest BCUT2D eigenvalue weighted by atomic mass is 35.5. The minimum absolute atomic E-state index is 0.132. The summed E-state index contributed by atoms with van der Waals surface area (Å²) >= 11 is 6.08. The fourth-order valence-electron chi connectivity index (χ4n) is 5.36. The Morgan fingerprint density at radius 1 is 1.06 bits per heavy atom. The Kier molecular flexibility index (Phi) is 10.4. The van der Waals surface area contributed by atoms with Crippen molar-refractivity contribution in [2.24, 2.45) is 17.3 Å². The third kappa shape index (κ3) is 7.77. The number of hydrogen-bond acceptors (Lipinski definition) is 3. The highest BCUT2D eigenvalue weighted by molar-refractivity contribution is 6.30. The average Bonchev–Trinajstić information content (AvgIpc) is 2.84. The van der Waals surface area contributed by atoms with Gasteiger partial charge in [0.05, 0.1) is 11.7 Å². The number of likely N-dealkylation sites (tertiary alicyclic amines) is 1. The second kappa shape index (κ2) is 12.9. The summed E-state index contributed by atoms with van der Waals surface area (Å²) in [5.74, 6) is 0.843. The van der Waals surface area contributed by atoms with Gasteiger partial charge in [0.2, 0.25) is 0 Å². The predicted molar refractivity (Wildman–Crippen MR) is 148 cm³/mol. The summed E-state index contributed by atoms with van der Waals surface area (Å²) < 4.78 is 19.7. The number of benzene rings is 2. The van der Waals surface area contributed by atoms with Crippen molar-refractivity contribution in [2.75, 3.05) is 26.2 Å². The van der Waals surface area contributed by atoms with Gasteiger partial charge in [0.25, 0.3) is 0 Å². The summed E-state index contributed by atoms with van der Waals surface area (Å²) in [5, 5.41) is 12.3. The molecule has 0 spiro atoms. The van der Waals surface area contributed by atoms with Crippen molar-refractivity contribution in [3.63, 3.8) is 0 Å². The molecule has 3 rings (SSSR count). The van der Waals surface area contributed by atoms with Gasteiger partial charge < -0.3 is 14.7 Å². The number of piperidine rings is 1. The number of rotatable bonds is 12. The van der Waals surface area contributed by atoms with Crippen molar-refractivity contribution in [1.82, 2.24) is 4.90 Å². The van der Waals surface area contributed by atoms with Gasteiger partial charge in [-0.1, -0.05) is 76.9 Å². The first-order valence-corrected chi connectivity index (χ1v) is 14.0. The SMILES string of the molecule is CCC(C)COC(Cc1ccc(F)cc1)CC(C)CCN1CCC(O)(c2ccc(Cl)cc2)C(C)(C)C1. The van der Waals surface area contributed by atoms with E-state index in [2.05, 4.69) is 39.5 Å². The Balaban J connectivity index is 1.55. The van der Waals surface area contributed by atoms with Crippen molar-refractivity contribution >= 4 is 11.6 Å². The van der Waals surface area contributed by atoms with E-state index in [1.807, 2.05) is 36.4 Å². The maximum atomic E-state index is 13.4. The molecule has 1 saturated heterocycles. The lowest BCUT2D eigenvalue weighted by Crippen LogP contribution is -2.55. The number of ether oxygens (including phenoxy) is 1. The van der Waals surface area contributed by atoms with Crippen molar-refractivity contribution in [3.05, 3.63) is 70.5 Å². The van der Waals surface area contributed by atoms with Gasteiger partial charge in [0.1, 0.15) is 5.82 Å². The maximum absolute atomic E-state index is 13.4. The van der Waals surface area contributed by atoms with E-state index in [4.69, 9.17) is 16.3 Å². The molecule has 4 atom stereocenters. The third-order valence-corrected chi connectivity index (χ3v) is 8.40. The molecule has 1 fully saturated rings. The van der Waals surface area contributed by atoms with Gasteiger partial charge in [0.15, 0.2) is 0 Å². The Hall–Kier alpha value is -1.46. The molecule has 1 N–H and O–H groups in total. The van der Waals surface area contributed by atoms with Crippen LogP contribution in [0.5, 0.6) is 0 Å². The number of nitrogens with zero attached hydrogens (tertiary/aromatic N) is 1. The summed E-state index contributed by atoms with van der Waals surface area (Å²) in [6.45, 7) is 14.6. The molecule has 2 aromatic rings. The van der Waals surface area contributed by atoms with Gasteiger partial charge in [-0.2, -0.15) is 0 Å². The van der Waals surface area contributed by atoms with Crippen LogP contribution in [-0.4, -0.2) is 42.4 Å². The second-order valence-corrected chi connectivity index (χ2v) is 12.1. The van der Waals surface area contributed by atoms with E-state index in [1.165, 1.54) is 12.1 Å². The lowest BCUT2D eigenvalue weighted by molar-refractivity contribution is -0.125. The summed E-state index contributed by atoms with van der Waals surface area (Å²) in [7, 11) is 0. The van der Waals surface area contributed by atoms with Crippen LogP contribution < -0.4 is 0 Å². The van der Waals surface area contributed by atoms with Gasteiger partial charge in [-0.25, -0.2) is 4.39 Å². The average molecular weight is 518 g/mol. The van der Waals surface area contributed by atoms with E-state index in [9.17, 15) is 9.50 Å². The molecule has 0 bridgehead atoms. The Morgan fingerprint density at radius 2 is 1.72 bits per heavy atom. The van der Waals surface area contributed by atoms with Crippen LogP contribution in [0.25, 0.3) is 0 Å². The quantitative estimate of drug-likeness (QED) is 0.316. The van der Waals surface area contributed by atoms with E-state index in [-0.39, 0.29) is 17.3 Å². The molecule has 36 heavy (non-hydrogen) atoms. The molecule has 0 aromatic heterocycles. The fourth-order valence-corrected chi connectivity index (χ4v) is 5.49. The molecule has 2 aromatic carbocycles. The molecule has 5 heteroatoms. The van der Waals surface area contributed by atoms with E-state index in [0.717, 1.165) is 63.1 Å². The molecule has 0 radical (unpaired) electrons. The highest BCUT2D eigenvalue weighted by Crippen LogP contribution is 2.46. The summed E-state index contributed by atoms with van der Waals surface area (Å²) in [4.78, 5) is 2.50. The zero-order valence-electron chi connectivity index (χ0n) is 22.8. The summed E-state index contributed by atoms with van der Waals surface area (Å²) in [6.07, 6.45) is 4.83. The lowest BCUT2D eigenvalue weighted by Gasteiger charge is -2.51. The molecule has 1 heterocycles. The summed E-state index contributed by atoms with van der Waals surface area (Å²) in [6, 6.07) is 14.5. The zero-order chi connectivity index (χ0) is 26.3. The minimum atomic E-state index is -0.857. The highest BCUT2D eigenvalue weighted by Gasteiger charge is 2.48. The van der Waals surface area contributed by atoms with Gasteiger partial charge >= 0.3 is 0 Å². The van der Waals surface area contributed by atoms with Gasteiger partial charge in [-0.05, 0) is 79.5 Å². The molecular formula is C31H45ClFNO2. The first-order valence-electron chi connectivity index (χ1n) is 13.6. The molecule has 0 amide bonds. The first kappa shape index (κ1) is 29.1. The second-order valence-electron chi connectivity index (χ2n) is 11.7. The fraction of sp³-hybridized carbons (Fsp3) is 0.613. The Labute approximate surface area is 223 Å². The van der Waals surface area contributed by atoms with Crippen molar-refractivity contribution in [3.8, 4) is 0 Å². The smallest absolute Gasteiger partial charge is 0.123 e. The number of halogens is 2. The molecule has 1 aliphatic heterocycles. The maximum Gasteiger partial charge on any atom is 0.123 e. The largest absolute Gasteiger partial charge is 0.385 e.